The second-order valence-corrected chi connectivity index (χ2v) is 5.17. The quantitative estimate of drug-likeness (QED) is 0.628. The van der Waals surface area contributed by atoms with Crippen LogP contribution in [0, 0.1) is 5.41 Å². The number of hydrogen-bond donors (Lipinski definition) is 0. The number of halogens is 2. The number of benzene rings is 1. The van der Waals surface area contributed by atoms with Gasteiger partial charge in [-0.1, -0.05) is 74.4 Å². The van der Waals surface area contributed by atoms with Crippen LogP contribution in [-0.4, -0.2) is 6.43 Å². The van der Waals surface area contributed by atoms with Gasteiger partial charge in [0.1, 0.15) is 0 Å². The summed E-state index contributed by atoms with van der Waals surface area (Å²) in [4.78, 5) is 0. The molecule has 1 aromatic rings. The summed E-state index contributed by atoms with van der Waals surface area (Å²) in [6, 6.07) is 9.97. The molecule has 0 nitrogen and oxygen atoms in total. The van der Waals surface area contributed by atoms with Crippen molar-refractivity contribution in [2.45, 2.75) is 38.5 Å². The van der Waals surface area contributed by atoms with Gasteiger partial charge in [-0.2, -0.15) is 0 Å². The molecule has 19 heavy (non-hydrogen) atoms. The van der Waals surface area contributed by atoms with E-state index in [0.717, 1.165) is 18.4 Å². The lowest BCUT2D eigenvalue weighted by molar-refractivity contribution is 0.0498. The highest BCUT2D eigenvalue weighted by Crippen LogP contribution is 2.40. The summed E-state index contributed by atoms with van der Waals surface area (Å²) in [5, 5.41) is 0. The fourth-order valence-electron chi connectivity index (χ4n) is 2.49. The van der Waals surface area contributed by atoms with Crippen LogP contribution in [0.25, 0.3) is 0 Å². The number of alkyl halides is 2. The number of unbranched alkanes of at least 4 members (excludes halogenated alkanes) is 1. The lowest BCUT2D eigenvalue weighted by Gasteiger charge is -2.30. The fourth-order valence-corrected chi connectivity index (χ4v) is 2.49. The first-order valence-corrected chi connectivity index (χ1v) is 6.90. The average molecular weight is 262 g/mol. The normalized spacial score (nSPS) is 26.0. The SMILES string of the molecule is CCCCC1(C(F)F)C=CC(c2ccccc2)C=C1. The number of rotatable bonds is 5. The molecule has 0 amide bonds. The van der Waals surface area contributed by atoms with E-state index < -0.39 is 11.8 Å². The van der Waals surface area contributed by atoms with Crippen molar-refractivity contribution in [3.63, 3.8) is 0 Å². The molecule has 0 radical (unpaired) electrons. The lowest BCUT2D eigenvalue weighted by Crippen LogP contribution is -2.27. The maximum absolute atomic E-state index is 13.3. The van der Waals surface area contributed by atoms with Gasteiger partial charge in [0.15, 0.2) is 0 Å². The third-order valence-electron chi connectivity index (χ3n) is 3.78. The van der Waals surface area contributed by atoms with Gasteiger partial charge in [-0.3, -0.25) is 0 Å². The summed E-state index contributed by atoms with van der Waals surface area (Å²) in [6.07, 6.45) is 7.22. The van der Waals surface area contributed by atoms with Crippen LogP contribution in [0.4, 0.5) is 8.78 Å². The van der Waals surface area contributed by atoms with Crippen molar-refractivity contribution in [3.05, 3.63) is 60.2 Å². The van der Waals surface area contributed by atoms with Gasteiger partial charge in [-0.05, 0) is 12.0 Å². The average Bonchev–Trinajstić information content (AvgIpc) is 2.46. The van der Waals surface area contributed by atoms with Crippen LogP contribution in [0.3, 0.4) is 0 Å². The van der Waals surface area contributed by atoms with Gasteiger partial charge in [0, 0.05) is 5.92 Å². The molecule has 0 aromatic heterocycles. The monoisotopic (exact) mass is 262 g/mol. The zero-order valence-electron chi connectivity index (χ0n) is 11.2. The van der Waals surface area contributed by atoms with Crippen molar-refractivity contribution < 1.29 is 8.78 Å². The molecule has 0 aliphatic heterocycles. The van der Waals surface area contributed by atoms with Crippen LogP contribution >= 0.6 is 0 Å². The molecule has 102 valence electrons. The minimum atomic E-state index is -2.33. The Morgan fingerprint density at radius 2 is 1.74 bits per heavy atom. The summed E-state index contributed by atoms with van der Waals surface area (Å²) >= 11 is 0. The van der Waals surface area contributed by atoms with E-state index in [4.69, 9.17) is 0 Å². The van der Waals surface area contributed by atoms with Gasteiger partial charge < -0.3 is 0 Å². The predicted molar refractivity (Wildman–Crippen MR) is 75.4 cm³/mol. The first-order chi connectivity index (χ1) is 9.18. The molecule has 0 spiro atoms. The van der Waals surface area contributed by atoms with Crippen molar-refractivity contribution in [3.8, 4) is 0 Å². The minimum absolute atomic E-state index is 0.120. The summed E-state index contributed by atoms with van der Waals surface area (Å²) in [5.41, 5.74) is 0.0924. The fraction of sp³-hybridized carbons (Fsp3) is 0.412. The third-order valence-corrected chi connectivity index (χ3v) is 3.78. The van der Waals surface area contributed by atoms with Crippen LogP contribution in [-0.2, 0) is 0 Å². The van der Waals surface area contributed by atoms with Gasteiger partial charge in [0.2, 0.25) is 0 Å². The molecule has 2 heteroatoms. The Bertz CT molecular complexity index is 432. The smallest absolute Gasteiger partial charge is 0.209 e. The highest BCUT2D eigenvalue weighted by atomic mass is 19.3. The van der Waals surface area contributed by atoms with Gasteiger partial charge >= 0.3 is 0 Å². The van der Waals surface area contributed by atoms with Crippen molar-refractivity contribution in [1.29, 1.82) is 0 Å². The second kappa shape index (κ2) is 6.14. The first-order valence-electron chi connectivity index (χ1n) is 6.90. The lowest BCUT2D eigenvalue weighted by atomic mass is 9.77. The molecule has 1 aliphatic carbocycles. The molecule has 1 aromatic carbocycles. The molecule has 0 N–H and O–H groups in total. The maximum Gasteiger partial charge on any atom is 0.250 e. The molecule has 2 rings (SSSR count). The Morgan fingerprint density at radius 3 is 2.26 bits per heavy atom. The number of hydrogen-bond acceptors (Lipinski definition) is 0. The van der Waals surface area contributed by atoms with Crippen LogP contribution < -0.4 is 0 Å². The molecular weight excluding hydrogens is 242 g/mol. The van der Waals surface area contributed by atoms with Crippen molar-refractivity contribution in [2.75, 3.05) is 0 Å². The molecular formula is C17H20F2. The molecule has 0 unspecified atom stereocenters. The Morgan fingerprint density at radius 1 is 1.11 bits per heavy atom. The zero-order chi connectivity index (χ0) is 13.7. The highest BCUT2D eigenvalue weighted by molar-refractivity contribution is 5.34. The molecule has 0 fully saturated rings. The van der Waals surface area contributed by atoms with Crippen LogP contribution in [0.15, 0.2) is 54.6 Å². The van der Waals surface area contributed by atoms with E-state index in [9.17, 15) is 8.78 Å². The van der Waals surface area contributed by atoms with Crippen molar-refractivity contribution in [1.82, 2.24) is 0 Å². The topological polar surface area (TPSA) is 0 Å². The van der Waals surface area contributed by atoms with Gasteiger partial charge in [0.25, 0.3) is 6.43 Å². The molecule has 0 heterocycles. The summed E-state index contributed by atoms with van der Waals surface area (Å²) in [6.45, 7) is 2.03. The first kappa shape index (κ1) is 14.0. The van der Waals surface area contributed by atoms with Gasteiger partial charge in [-0.25, -0.2) is 8.78 Å². The largest absolute Gasteiger partial charge is 0.250 e. The second-order valence-electron chi connectivity index (χ2n) is 5.17. The Balaban J connectivity index is 2.15. The van der Waals surface area contributed by atoms with Gasteiger partial charge in [-0.15, -0.1) is 0 Å². The van der Waals surface area contributed by atoms with E-state index in [2.05, 4.69) is 0 Å². The zero-order valence-corrected chi connectivity index (χ0v) is 11.2. The molecule has 0 saturated heterocycles. The standard InChI is InChI=1S/C17H20F2/c1-2-3-11-17(16(18)19)12-9-15(10-13-17)14-7-5-4-6-8-14/h4-10,12-13,15-16H,2-3,11H2,1H3. The van der Waals surface area contributed by atoms with E-state index >= 15 is 0 Å². The predicted octanol–water partition coefficient (Wildman–Crippen LogP) is 5.34. The van der Waals surface area contributed by atoms with E-state index in [1.807, 2.05) is 49.4 Å². The summed E-state index contributed by atoms with van der Waals surface area (Å²) in [5.74, 6) is 0.120. The third kappa shape index (κ3) is 3.12. The van der Waals surface area contributed by atoms with E-state index in [-0.39, 0.29) is 5.92 Å². The van der Waals surface area contributed by atoms with E-state index in [0.29, 0.717) is 6.42 Å². The number of allylic oxidation sites excluding steroid dienone is 4. The van der Waals surface area contributed by atoms with Crippen LogP contribution in [0.2, 0.25) is 0 Å². The van der Waals surface area contributed by atoms with Crippen molar-refractivity contribution >= 4 is 0 Å². The summed E-state index contributed by atoms with van der Waals surface area (Å²) in [7, 11) is 0. The Kier molecular flexibility index (Phi) is 4.52. The molecule has 1 aliphatic rings. The molecule has 0 saturated carbocycles. The Labute approximate surface area is 113 Å². The highest BCUT2D eigenvalue weighted by Gasteiger charge is 2.36. The van der Waals surface area contributed by atoms with Crippen molar-refractivity contribution in [2.24, 2.45) is 5.41 Å². The Hall–Kier alpha value is -1.44. The minimum Gasteiger partial charge on any atom is -0.209 e. The molecule has 0 bridgehead atoms. The van der Waals surface area contributed by atoms with Gasteiger partial charge in [0.05, 0.1) is 5.41 Å². The van der Waals surface area contributed by atoms with Crippen LogP contribution in [0.5, 0.6) is 0 Å². The molecule has 0 atom stereocenters. The van der Waals surface area contributed by atoms with Crippen LogP contribution in [0.1, 0.15) is 37.7 Å². The van der Waals surface area contributed by atoms with E-state index in [1.165, 1.54) is 0 Å². The summed E-state index contributed by atoms with van der Waals surface area (Å²) < 4.78 is 26.7. The van der Waals surface area contributed by atoms with E-state index in [1.54, 1.807) is 12.2 Å². The maximum atomic E-state index is 13.3.